The Labute approximate surface area is 112 Å². The molecule has 0 saturated carbocycles. The van der Waals surface area contributed by atoms with Gasteiger partial charge in [0, 0.05) is 33.9 Å². The lowest BCUT2D eigenvalue weighted by Gasteiger charge is -2.20. The van der Waals surface area contributed by atoms with E-state index in [2.05, 4.69) is 19.2 Å². The second kappa shape index (κ2) is 8.27. The lowest BCUT2D eigenvalue weighted by Crippen LogP contribution is -2.27. The maximum atomic E-state index is 11.9. The van der Waals surface area contributed by atoms with Gasteiger partial charge in [-0.2, -0.15) is 0 Å². The smallest absolute Gasteiger partial charge is 0.123 e. The summed E-state index contributed by atoms with van der Waals surface area (Å²) >= 11 is 0. The Morgan fingerprint density at radius 3 is 2.67 bits per heavy atom. The number of nitrogens with one attached hydrogen (secondary N) is 1. The SMILES string of the molecule is CCCS(=O)CC(NCC)c1ccccc1OC. The van der Waals surface area contributed by atoms with Crippen LogP contribution in [0.1, 0.15) is 31.9 Å². The summed E-state index contributed by atoms with van der Waals surface area (Å²) in [7, 11) is 0.891. The third-order valence-corrected chi connectivity index (χ3v) is 4.32. The van der Waals surface area contributed by atoms with Crippen molar-refractivity contribution >= 4 is 10.8 Å². The Morgan fingerprint density at radius 2 is 2.06 bits per heavy atom. The highest BCUT2D eigenvalue weighted by Gasteiger charge is 2.17. The first-order valence-corrected chi connectivity index (χ1v) is 7.93. The van der Waals surface area contributed by atoms with Gasteiger partial charge in [-0.25, -0.2) is 0 Å². The molecule has 0 amide bonds. The fourth-order valence-corrected chi connectivity index (χ4v) is 3.25. The minimum Gasteiger partial charge on any atom is -0.496 e. The molecule has 2 unspecified atom stereocenters. The number of benzene rings is 1. The Morgan fingerprint density at radius 1 is 1.33 bits per heavy atom. The van der Waals surface area contributed by atoms with Crippen molar-refractivity contribution in [2.45, 2.75) is 26.3 Å². The summed E-state index contributed by atoms with van der Waals surface area (Å²) in [5.74, 6) is 2.26. The Bertz CT molecular complexity index is 382. The van der Waals surface area contributed by atoms with Gasteiger partial charge in [0.1, 0.15) is 5.75 Å². The van der Waals surface area contributed by atoms with Crippen molar-refractivity contribution in [2.24, 2.45) is 0 Å². The number of methoxy groups -OCH3 is 1. The van der Waals surface area contributed by atoms with Crippen LogP contribution in [0.3, 0.4) is 0 Å². The highest BCUT2D eigenvalue weighted by Crippen LogP contribution is 2.25. The molecule has 0 bridgehead atoms. The van der Waals surface area contributed by atoms with Gasteiger partial charge < -0.3 is 10.1 Å². The van der Waals surface area contributed by atoms with Gasteiger partial charge in [0.05, 0.1) is 7.11 Å². The molecule has 1 rings (SSSR count). The second-order valence-electron chi connectivity index (χ2n) is 4.16. The molecule has 0 radical (unpaired) electrons. The van der Waals surface area contributed by atoms with Crippen molar-refractivity contribution < 1.29 is 8.95 Å². The summed E-state index contributed by atoms with van der Waals surface area (Å²) < 4.78 is 17.3. The standard InChI is InChI=1S/C14H23NO2S/c1-4-10-18(16)11-13(15-5-2)12-8-6-7-9-14(12)17-3/h6-9,13,15H,4-5,10-11H2,1-3H3. The van der Waals surface area contributed by atoms with E-state index >= 15 is 0 Å². The highest BCUT2D eigenvalue weighted by atomic mass is 32.2. The highest BCUT2D eigenvalue weighted by molar-refractivity contribution is 7.85. The van der Waals surface area contributed by atoms with Crippen molar-refractivity contribution in [3.8, 4) is 5.75 Å². The summed E-state index contributed by atoms with van der Waals surface area (Å²) in [5.41, 5.74) is 1.09. The Balaban J connectivity index is 2.86. The number of hydrogen-bond donors (Lipinski definition) is 1. The van der Waals surface area contributed by atoms with Gasteiger partial charge in [-0.1, -0.05) is 32.0 Å². The quantitative estimate of drug-likeness (QED) is 0.788. The zero-order chi connectivity index (χ0) is 13.4. The van der Waals surface area contributed by atoms with Crippen LogP contribution in [-0.2, 0) is 10.8 Å². The fourth-order valence-electron chi connectivity index (χ4n) is 1.96. The normalized spacial score (nSPS) is 14.2. The maximum Gasteiger partial charge on any atom is 0.123 e. The van der Waals surface area contributed by atoms with E-state index in [0.717, 1.165) is 30.0 Å². The van der Waals surface area contributed by atoms with E-state index in [1.54, 1.807) is 7.11 Å². The first-order chi connectivity index (χ1) is 8.72. The van der Waals surface area contributed by atoms with Crippen LogP contribution >= 0.6 is 0 Å². The first kappa shape index (κ1) is 15.2. The van der Waals surface area contributed by atoms with Gasteiger partial charge >= 0.3 is 0 Å². The molecule has 0 saturated heterocycles. The first-order valence-electron chi connectivity index (χ1n) is 6.44. The average molecular weight is 269 g/mol. The summed E-state index contributed by atoms with van der Waals surface area (Å²) in [6.07, 6.45) is 0.956. The molecule has 1 aromatic rings. The van der Waals surface area contributed by atoms with Gasteiger partial charge in [-0.15, -0.1) is 0 Å². The van der Waals surface area contributed by atoms with E-state index in [1.807, 2.05) is 24.3 Å². The zero-order valence-corrected chi connectivity index (χ0v) is 12.3. The van der Waals surface area contributed by atoms with Crippen molar-refractivity contribution in [2.75, 3.05) is 25.2 Å². The molecule has 1 aromatic carbocycles. The summed E-state index contributed by atoms with van der Waals surface area (Å²) in [4.78, 5) is 0. The summed E-state index contributed by atoms with van der Waals surface area (Å²) in [6.45, 7) is 4.97. The molecule has 0 aliphatic rings. The van der Waals surface area contributed by atoms with Crippen LogP contribution < -0.4 is 10.1 Å². The van der Waals surface area contributed by atoms with Crippen molar-refractivity contribution in [1.82, 2.24) is 5.32 Å². The number of hydrogen-bond acceptors (Lipinski definition) is 3. The third kappa shape index (κ3) is 4.42. The van der Waals surface area contributed by atoms with E-state index in [0.29, 0.717) is 5.75 Å². The topological polar surface area (TPSA) is 38.3 Å². The van der Waals surface area contributed by atoms with E-state index in [1.165, 1.54) is 0 Å². The van der Waals surface area contributed by atoms with Gasteiger partial charge in [-0.3, -0.25) is 4.21 Å². The van der Waals surface area contributed by atoms with E-state index in [4.69, 9.17) is 4.74 Å². The number of para-hydroxylation sites is 1. The largest absolute Gasteiger partial charge is 0.496 e. The molecule has 4 heteroatoms. The van der Waals surface area contributed by atoms with Gasteiger partial charge in [0.2, 0.25) is 0 Å². The molecule has 18 heavy (non-hydrogen) atoms. The van der Waals surface area contributed by atoms with Crippen LogP contribution in [0.15, 0.2) is 24.3 Å². The molecule has 0 aromatic heterocycles. The molecular formula is C14H23NO2S. The van der Waals surface area contributed by atoms with E-state index < -0.39 is 10.8 Å². The minimum atomic E-state index is -0.780. The van der Waals surface area contributed by atoms with Gasteiger partial charge in [-0.05, 0) is 19.0 Å². The van der Waals surface area contributed by atoms with Crippen molar-refractivity contribution in [3.63, 3.8) is 0 Å². The zero-order valence-electron chi connectivity index (χ0n) is 11.4. The van der Waals surface area contributed by atoms with Crippen LogP contribution in [-0.4, -0.2) is 29.4 Å². The third-order valence-electron chi connectivity index (χ3n) is 2.75. The van der Waals surface area contributed by atoms with Crippen LogP contribution in [0.4, 0.5) is 0 Å². The molecule has 3 nitrogen and oxygen atoms in total. The molecule has 102 valence electrons. The fraction of sp³-hybridized carbons (Fsp3) is 0.571. The molecular weight excluding hydrogens is 246 g/mol. The predicted octanol–water partition coefficient (Wildman–Crippen LogP) is 2.50. The summed E-state index contributed by atoms with van der Waals surface area (Å²) in [6, 6.07) is 8.02. The molecule has 0 aliphatic carbocycles. The van der Waals surface area contributed by atoms with E-state index in [9.17, 15) is 4.21 Å². The van der Waals surface area contributed by atoms with Gasteiger partial charge in [0.25, 0.3) is 0 Å². The molecule has 1 N–H and O–H groups in total. The lowest BCUT2D eigenvalue weighted by molar-refractivity contribution is 0.402. The van der Waals surface area contributed by atoms with Crippen LogP contribution in [0, 0.1) is 0 Å². The number of rotatable bonds is 8. The molecule has 0 aliphatic heterocycles. The second-order valence-corrected chi connectivity index (χ2v) is 5.78. The van der Waals surface area contributed by atoms with Crippen LogP contribution in [0.25, 0.3) is 0 Å². The molecule has 2 atom stereocenters. The molecule has 0 fully saturated rings. The van der Waals surface area contributed by atoms with Crippen LogP contribution in [0.5, 0.6) is 5.75 Å². The summed E-state index contributed by atoms with van der Waals surface area (Å²) in [5, 5.41) is 3.39. The average Bonchev–Trinajstić information content (AvgIpc) is 2.38. The van der Waals surface area contributed by atoms with E-state index in [-0.39, 0.29) is 6.04 Å². The molecule has 0 heterocycles. The maximum absolute atomic E-state index is 11.9. The predicted molar refractivity (Wildman–Crippen MR) is 77.6 cm³/mol. The van der Waals surface area contributed by atoms with Crippen molar-refractivity contribution in [1.29, 1.82) is 0 Å². The monoisotopic (exact) mass is 269 g/mol. The van der Waals surface area contributed by atoms with Crippen LogP contribution in [0.2, 0.25) is 0 Å². The Kier molecular flexibility index (Phi) is 6.98. The van der Waals surface area contributed by atoms with Crippen molar-refractivity contribution in [3.05, 3.63) is 29.8 Å². The minimum absolute atomic E-state index is 0.0959. The Hall–Kier alpha value is -0.870. The number of ether oxygens (including phenoxy) is 1. The molecule has 0 spiro atoms. The van der Waals surface area contributed by atoms with Gasteiger partial charge in [0.15, 0.2) is 0 Å². The lowest BCUT2D eigenvalue weighted by atomic mass is 10.1.